The summed E-state index contributed by atoms with van der Waals surface area (Å²) in [5.74, 6) is -0.0488. The van der Waals surface area contributed by atoms with Crippen molar-refractivity contribution in [3.63, 3.8) is 0 Å². The second-order valence-corrected chi connectivity index (χ2v) is 9.60. The molecule has 6 atom stereocenters. The van der Waals surface area contributed by atoms with Gasteiger partial charge in [0.2, 0.25) is 0 Å². The topological polar surface area (TPSA) is 57.5 Å². The number of carbonyl (C=O) groups excluding carboxylic acids is 1. The van der Waals surface area contributed by atoms with Crippen LogP contribution in [0.25, 0.3) is 0 Å². The summed E-state index contributed by atoms with van der Waals surface area (Å²) in [7, 11) is 0. The molecule has 23 heavy (non-hydrogen) atoms. The summed E-state index contributed by atoms with van der Waals surface area (Å²) in [6, 6.07) is 0. The van der Waals surface area contributed by atoms with Gasteiger partial charge in [0, 0.05) is 17.8 Å². The first-order valence-electron chi connectivity index (χ1n) is 9.07. The van der Waals surface area contributed by atoms with Crippen LogP contribution in [0.4, 0.5) is 0 Å². The van der Waals surface area contributed by atoms with E-state index in [-0.39, 0.29) is 34.9 Å². The van der Waals surface area contributed by atoms with Gasteiger partial charge < -0.3 is 10.2 Å². The fraction of sp³-hybridized carbons (Fsp3) is 0.850. The predicted molar refractivity (Wildman–Crippen MR) is 90.8 cm³/mol. The van der Waals surface area contributed by atoms with Crippen molar-refractivity contribution in [2.75, 3.05) is 0 Å². The number of aliphatic hydroxyl groups is 2. The fourth-order valence-corrected chi connectivity index (χ4v) is 6.02. The maximum absolute atomic E-state index is 13.0. The maximum atomic E-state index is 13.0. The van der Waals surface area contributed by atoms with Gasteiger partial charge in [0.25, 0.3) is 0 Å². The SMILES string of the molecule is C=CC1(C)CC(O)C2(C)C(C1)C(=O)CC1(O)C2CCCC1(C)C. The second kappa shape index (κ2) is 4.92. The van der Waals surface area contributed by atoms with Gasteiger partial charge in [0.1, 0.15) is 5.78 Å². The molecule has 3 aliphatic carbocycles. The Morgan fingerprint density at radius 3 is 2.48 bits per heavy atom. The molecule has 0 spiro atoms. The first-order valence-corrected chi connectivity index (χ1v) is 9.07. The minimum Gasteiger partial charge on any atom is -0.392 e. The fourth-order valence-electron chi connectivity index (χ4n) is 6.02. The molecule has 0 aromatic rings. The Bertz CT molecular complexity index is 539. The summed E-state index contributed by atoms with van der Waals surface area (Å²) in [5.41, 5.74) is -1.99. The summed E-state index contributed by atoms with van der Waals surface area (Å²) >= 11 is 0. The van der Waals surface area contributed by atoms with Crippen LogP contribution >= 0.6 is 0 Å². The van der Waals surface area contributed by atoms with Crippen LogP contribution in [-0.2, 0) is 4.79 Å². The molecule has 2 N–H and O–H groups in total. The monoisotopic (exact) mass is 320 g/mol. The zero-order chi connectivity index (χ0) is 17.3. The molecule has 0 aromatic heterocycles. The van der Waals surface area contributed by atoms with Crippen molar-refractivity contribution < 1.29 is 15.0 Å². The van der Waals surface area contributed by atoms with Crippen LogP contribution in [-0.4, -0.2) is 27.7 Å². The quantitative estimate of drug-likeness (QED) is 0.727. The average molecular weight is 320 g/mol. The van der Waals surface area contributed by atoms with Crippen molar-refractivity contribution in [2.45, 2.75) is 77.9 Å². The lowest BCUT2D eigenvalue weighted by molar-refractivity contribution is -0.241. The molecule has 3 aliphatic rings. The van der Waals surface area contributed by atoms with Crippen LogP contribution < -0.4 is 0 Å². The van der Waals surface area contributed by atoms with Gasteiger partial charge in [0.05, 0.1) is 11.7 Å². The molecule has 0 radical (unpaired) electrons. The third kappa shape index (κ3) is 2.12. The zero-order valence-corrected chi connectivity index (χ0v) is 15.1. The number of carbonyl (C=O) groups is 1. The molecule has 6 unspecified atom stereocenters. The lowest BCUT2D eigenvalue weighted by atomic mass is 9.41. The largest absolute Gasteiger partial charge is 0.392 e. The molecule has 130 valence electrons. The van der Waals surface area contributed by atoms with E-state index in [1.54, 1.807) is 0 Å². The number of Topliss-reactive ketones (excluding diaryl/α,β-unsaturated/α-hetero) is 1. The normalized spacial score (nSPS) is 52.4. The maximum Gasteiger partial charge on any atom is 0.139 e. The highest BCUT2D eigenvalue weighted by Gasteiger charge is 2.68. The van der Waals surface area contributed by atoms with Crippen molar-refractivity contribution in [2.24, 2.45) is 28.1 Å². The number of rotatable bonds is 1. The first-order chi connectivity index (χ1) is 10.5. The zero-order valence-electron chi connectivity index (χ0n) is 15.1. The molecule has 0 amide bonds. The Labute approximate surface area is 140 Å². The number of hydrogen-bond donors (Lipinski definition) is 2. The molecule has 3 fully saturated rings. The molecular weight excluding hydrogens is 288 g/mol. The highest BCUT2D eigenvalue weighted by molar-refractivity contribution is 5.84. The van der Waals surface area contributed by atoms with Crippen molar-refractivity contribution in [3.05, 3.63) is 12.7 Å². The Morgan fingerprint density at radius 2 is 1.87 bits per heavy atom. The summed E-state index contributed by atoms with van der Waals surface area (Å²) in [4.78, 5) is 13.0. The molecule has 0 aromatic carbocycles. The summed E-state index contributed by atoms with van der Waals surface area (Å²) in [5, 5.41) is 22.6. The Morgan fingerprint density at radius 1 is 1.22 bits per heavy atom. The molecule has 3 saturated carbocycles. The molecule has 3 heteroatoms. The molecule has 3 nitrogen and oxygen atoms in total. The molecule has 0 heterocycles. The van der Waals surface area contributed by atoms with Crippen LogP contribution in [0, 0.1) is 28.1 Å². The van der Waals surface area contributed by atoms with E-state index >= 15 is 0 Å². The number of aliphatic hydroxyl groups excluding tert-OH is 1. The number of ketones is 1. The number of fused-ring (bicyclic) bond motifs is 3. The van der Waals surface area contributed by atoms with Crippen molar-refractivity contribution >= 4 is 5.78 Å². The van der Waals surface area contributed by atoms with Crippen LogP contribution in [0.5, 0.6) is 0 Å². The van der Waals surface area contributed by atoms with Crippen molar-refractivity contribution in [1.82, 2.24) is 0 Å². The van der Waals surface area contributed by atoms with E-state index in [1.807, 2.05) is 6.08 Å². The van der Waals surface area contributed by atoms with Crippen LogP contribution in [0.1, 0.15) is 66.2 Å². The Kier molecular flexibility index (Phi) is 3.67. The first kappa shape index (κ1) is 17.2. The lowest BCUT2D eigenvalue weighted by Gasteiger charge is -2.65. The Balaban J connectivity index is 2.09. The van der Waals surface area contributed by atoms with Crippen LogP contribution in [0.3, 0.4) is 0 Å². The van der Waals surface area contributed by atoms with Gasteiger partial charge in [-0.25, -0.2) is 0 Å². The highest BCUT2D eigenvalue weighted by atomic mass is 16.3. The van der Waals surface area contributed by atoms with Crippen molar-refractivity contribution in [3.8, 4) is 0 Å². The second-order valence-electron chi connectivity index (χ2n) is 9.60. The number of hydrogen-bond acceptors (Lipinski definition) is 3. The van der Waals surface area contributed by atoms with E-state index in [0.717, 1.165) is 25.7 Å². The van der Waals surface area contributed by atoms with E-state index in [4.69, 9.17) is 0 Å². The molecule has 0 aliphatic heterocycles. The van der Waals surface area contributed by atoms with Gasteiger partial charge >= 0.3 is 0 Å². The van der Waals surface area contributed by atoms with Crippen molar-refractivity contribution in [1.29, 1.82) is 0 Å². The summed E-state index contributed by atoms with van der Waals surface area (Å²) in [6.07, 6.45) is 5.84. The van der Waals surface area contributed by atoms with Crippen LogP contribution in [0.15, 0.2) is 12.7 Å². The van der Waals surface area contributed by atoms with E-state index < -0.39 is 17.1 Å². The van der Waals surface area contributed by atoms with Gasteiger partial charge in [-0.15, -0.1) is 6.58 Å². The molecule has 0 saturated heterocycles. The van der Waals surface area contributed by atoms with Gasteiger partial charge in [-0.2, -0.15) is 0 Å². The standard InChI is InChI=1S/C20H32O3/c1-6-18(4)10-13-14(21)11-20(23)15(8-7-9-17(20,2)3)19(13,5)16(22)12-18/h6,13,15-16,22-23H,1,7-12H2,2-5H3. The summed E-state index contributed by atoms with van der Waals surface area (Å²) in [6.45, 7) is 12.2. The molecular formula is C20H32O3. The number of allylic oxidation sites excluding steroid dienone is 1. The average Bonchev–Trinajstić information content (AvgIpc) is 2.44. The van der Waals surface area contributed by atoms with E-state index in [0.29, 0.717) is 6.42 Å². The minimum absolute atomic E-state index is 0.00850. The van der Waals surface area contributed by atoms with E-state index in [9.17, 15) is 15.0 Å². The predicted octanol–water partition coefficient (Wildman–Crippen LogP) is 3.49. The third-order valence-electron chi connectivity index (χ3n) is 7.92. The van der Waals surface area contributed by atoms with Gasteiger partial charge in [-0.05, 0) is 42.4 Å². The third-order valence-corrected chi connectivity index (χ3v) is 7.92. The van der Waals surface area contributed by atoms with E-state index in [2.05, 4.69) is 34.3 Å². The van der Waals surface area contributed by atoms with Gasteiger partial charge in [0.15, 0.2) is 0 Å². The van der Waals surface area contributed by atoms with Gasteiger partial charge in [-0.1, -0.05) is 40.2 Å². The highest BCUT2D eigenvalue weighted by Crippen LogP contribution is 2.65. The smallest absolute Gasteiger partial charge is 0.139 e. The summed E-state index contributed by atoms with van der Waals surface area (Å²) < 4.78 is 0. The lowest BCUT2D eigenvalue weighted by Crippen LogP contribution is -2.69. The molecule has 0 bridgehead atoms. The van der Waals surface area contributed by atoms with E-state index in [1.165, 1.54) is 0 Å². The minimum atomic E-state index is -0.990. The molecule has 3 rings (SSSR count). The van der Waals surface area contributed by atoms with Crippen LogP contribution in [0.2, 0.25) is 0 Å². The van der Waals surface area contributed by atoms with Gasteiger partial charge in [-0.3, -0.25) is 4.79 Å². The Hall–Kier alpha value is -0.670.